The van der Waals surface area contributed by atoms with Crippen LogP contribution in [-0.4, -0.2) is 12.0 Å². The molecule has 0 aliphatic rings. The summed E-state index contributed by atoms with van der Waals surface area (Å²) >= 11 is 1.70. The van der Waals surface area contributed by atoms with Gasteiger partial charge in [0.05, 0.1) is 5.69 Å². The Kier molecular flexibility index (Phi) is 3.95. The normalized spacial score (nSPS) is 10.8. The molecule has 0 fully saturated rings. The van der Waals surface area contributed by atoms with E-state index in [0.717, 1.165) is 23.0 Å². The van der Waals surface area contributed by atoms with Gasteiger partial charge in [-0.15, -0.1) is 11.3 Å². The highest BCUT2D eigenvalue weighted by Crippen LogP contribution is 2.25. The summed E-state index contributed by atoms with van der Waals surface area (Å²) in [7, 11) is 1.92. The van der Waals surface area contributed by atoms with Gasteiger partial charge in [-0.1, -0.05) is 24.3 Å². The zero-order valence-electron chi connectivity index (χ0n) is 11.3. The minimum atomic E-state index is 0.567. The van der Waals surface area contributed by atoms with E-state index in [0.29, 0.717) is 12.5 Å². The van der Waals surface area contributed by atoms with Crippen LogP contribution in [0, 0.1) is 0 Å². The highest BCUT2D eigenvalue weighted by Gasteiger charge is 2.07. The first-order valence-corrected chi connectivity index (χ1v) is 7.43. The van der Waals surface area contributed by atoms with Crippen molar-refractivity contribution in [3.8, 4) is 5.88 Å². The summed E-state index contributed by atoms with van der Waals surface area (Å²) in [6, 6.07) is 14.4. The molecule has 3 aromatic rings. The minimum absolute atomic E-state index is 0.567. The number of benzene rings is 1. The lowest BCUT2D eigenvalue weighted by Gasteiger charge is -2.10. The van der Waals surface area contributed by atoms with Crippen LogP contribution in [-0.2, 0) is 13.2 Å². The van der Waals surface area contributed by atoms with Gasteiger partial charge in [0.15, 0.2) is 0 Å². The van der Waals surface area contributed by atoms with Gasteiger partial charge in [-0.05, 0) is 36.0 Å². The Balaban J connectivity index is 1.94. The molecule has 0 spiro atoms. The lowest BCUT2D eigenvalue weighted by atomic mass is 10.1. The molecule has 3 nitrogen and oxygen atoms in total. The highest BCUT2D eigenvalue weighted by atomic mass is 32.1. The van der Waals surface area contributed by atoms with Crippen LogP contribution < -0.4 is 10.1 Å². The van der Waals surface area contributed by atoms with Crippen LogP contribution in [0.4, 0.5) is 0 Å². The number of hydrogen-bond acceptors (Lipinski definition) is 4. The highest BCUT2D eigenvalue weighted by molar-refractivity contribution is 7.09. The van der Waals surface area contributed by atoms with Crippen molar-refractivity contribution in [1.29, 1.82) is 0 Å². The molecule has 20 heavy (non-hydrogen) atoms. The maximum absolute atomic E-state index is 5.92. The molecular weight excluding hydrogens is 268 g/mol. The number of rotatable bonds is 5. The van der Waals surface area contributed by atoms with Crippen molar-refractivity contribution in [2.75, 3.05) is 7.05 Å². The first-order valence-electron chi connectivity index (χ1n) is 6.55. The Labute approximate surface area is 122 Å². The van der Waals surface area contributed by atoms with Crippen LogP contribution in [0.2, 0.25) is 0 Å². The van der Waals surface area contributed by atoms with Gasteiger partial charge in [0.25, 0.3) is 0 Å². The molecular formula is C16H16N2OS. The lowest BCUT2D eigenvalue weighted by molar-refractivity contribution is 0.300. The Morgan fingerprint density at radius 1 is 1.20 bits per heavy atom. The second-order valence-corrected chi connectivity index (χ2v) is 5.57. The Morgan fingerprint density at radius 3 is 2.90 bits per heavy atom. The fourth-order valence-electron chi connectivity index (χ4n) is 2.14. The molecule has 1 aromatic carbocycles. The molecule has 0 amide bonds. The Morgan fingerprint density at radius 2 is 2.10 bits per heavy atom. The van der Waals surface area contributed by atoms with Crippen LogP contribution >= 0.6 is 11.3 Å². The van der Waals surface area contributed by atoms with E-state index in [9.17, 15) is 0 Å². The number of pyridine rings is 1. The zero-order chi connectivity index (χ0) is 13.8. The first kappa shape index (κ1) is 13.1. The van der Waals surface area contributed by atoms with Crippen molar-refractivity contribution in [1.82, 2.24) is 10.3 Å². The quantitative estimate of drug-likeness (QED) is 0.777. The summed E-state index contributed by atoms with van der Waals surface area (Å²) < 4.78 is 5.92. The van der Waals surface area contributed by atoms with Crippen molar-refractivity contribution in [3.63, 3.8) is 0 Å². The van der Waals surface area contributed by atoms with E-state index >= 15 is 0 Å². The van der Waals surface area contributed by atoms with E-state index < -0.39 is 0 Å². The van der Waals surface area contributed by atoms with E-state index in [1.165, 1.54) is 4.88 Å². The minimum Gasteiger partial charge on any atom is -0.471 e. The van der Waals surface area contributed by atoms with E-state index in [2.05, 4.69) is 39.9 Å². The molecule has 2 heterocycles. The number of nitrogens with zero attached hydrogens (tertiary/aromatic N) is 1. The summed E-state index contributed by atoms with van der Waals surface area (Å²) in [5, 5.41) is 7.41. The van der Waals surface area contributed by atoms with Gasteiger partial charge in [-0.25, -0.2) is 4.98 Å². The molecule has 0 radical (unpaired) electrons. The van der Waals surface area contributed by atoms with Gasteiger partial charge in [-0.3, -0.25) is 0 Å². The van der Waals surface area contributed by atoms with Gasteiger partial charge in [0.2, 0.25) is 5.88 Å². The van der Waals surface area contributed by atoms with Gasteiger partial charge < -0.3 is 10.1 Å². The third-order valence-electron chi connectivity index (χ3n) is 3.05. The van der Waals surface area contributed by atoms with Gasteiger partial charge >= 0.3 is 0 Å². The van der Waals surface area contributed by atoms with Crippen molar-refractivity contribution < 1.29 is 4.74 Å². The van der Waals surface area contributed by atoms with E-state index in [4.69, 9.17) is 4.74 Å². The fourth-order valence-corrected chi connectivity index (χ4v) is 2.75. The van der Waals surface area contributed by atoms with Crippen LogP contribution in [0.5, 0.6) is 5.88 Å². The van der Waals surface area contributed by atoms with Crippen LogP contribution in [0.3, 0.4) is 0 Å². The van der Waals surface area contributed by atoms with Crippen LogP contribution in [0.1, 0.15) is 10.6 Å². The number of hydrogen-bond donors (Lipinski definition) is 1. The van der Waals surface area contributed by atoms with Crippen molar-refractivity contribution in [3.05, 3.63) is 58.4 Å². The second kappa shape index (κ2) is 6.03. The second-order valence-electron chi connectivity index (χ2n) is 4.54. The maximum Gasteiger partial charge on any atom is 0.221 e. The van der Waals surface area contributed by atoms with Crippen LogP contribution in [0.25, 0.3) is 10.8 Å². The van der Waals surface area contributed by atoms with Crippen molar-refractivity contribution in [2.24, 2.45) is 0 Å². The Hall–Kier alpha value is -1.91. The van der Waals surface area contributed by atoms with E-state index in [1.807, 2.05) is 25.2 Å². The van der Waals surface area contributed by atoms with Gasteiger partial charge in [0.1, 0.15) is 6.61 Å². The molecule has 2 aromatic heterocycles. The number of aromatic nitrogens is 1. The molecule has 0 unspecified atom stereocenters. The molecule has 0 saturated carbocycles. The predicted octanol–water partition coefficient (Wildman–Crippen LogP) is 3.59. The third kappa shape index (κ3) is 2.81. The molecule has 0 bridgehead atoms. The molecule has 4 heteroatoms. The number of nitrogens with one attached hydrogen (secondary N) is 1. The molecule has 1 N–H and O–H groups in total. The van der Waals surface area contributed by atoms with E-state index in [-0.39, 0.29) is 0 Å². The average Bonchev–Trinajstić information content (AvgIpc) is 2.98. The predicted molar refractivity (Wildman–Crippen MR) is 83.2 cm³/mol. The first-order chi connectivity index (χ1) is 9.86. The topological polar surface area (TPSA) is 34.1 Å². The molecule has 0 saturated heterocycles. The van der Waals surface area contributed by atoms with E-state index in [1.54, 1.807) is 11.3 Å². The molecule has 0 atom stereocenters. The van der Waals surface area contributed by atoms with Crippen molar-refractivity contribution in [2.45, 2.75) is 13.2 Å². The van der Waals surface area contributed by atoms with Crippen LogP contribution in [0.15, 0.2) is 47.8 Å². The molecule has 0 aliphatic carbocycles. The SMILES string of the molecule is CNCc1cc2ccccc2c(OCc2cccs2)n1. The zero-order valence-corrected chi connectivity index (χ0v) is 12.1. The lowest BCUT2D eigenvalue weighted by Crippen LogP contribution is -2.08. The molecule has 0 aliphatic heterocycles. The third-order valence-corrected chi connectivity index (χ3v) is 3.90. The summed E-state index contributed by atoms with van der Waals surface area (Å²) in [4.78, 5) is 5.81. The standard InChI is InChI=1S/C16H16N2OS/c1-17-10-13-9-12-5-2-3-7-15(12)16(18-13)19-11-14-6-4-8-20-14/h2-9,17H,10-11H2,1H3. The summed E-state index contributed by atoms with van der Waals surface area (Å²) in [5.74, 6) is 0.710. The largest absolute Gasteiger partial charge is 0.471 e. The molecule has 3 rings (SSSR count). The average molecular weight is 284 g/mol. The summed E-state index contributed by atoms with van der Waals surface area (Å²) in [6.45, 7) is 1.30. The fraction of sp³-hybridized carbons (Fsp3) is 0.188. The number of ether oxygens (including phenoxy) is 1. The maximum atomic E-state index is 5.92. The monoisotopic (exact) mass is 284 g/mol. The number of fused-ring (bicyclic) bond motifs is 1. The van der Waals surface area contributed by atoms with Gasteiger partial charge in [-0.2, -0.15) is 0 Å². The summed E-state index contributed by atoms with van der Waals surface area (Å²) in [5.41, 5.74) is 0.993. The smallest absolute Gasteiger partial charge is 0.221 e. The van der Waals surface area contributed by atoms with Crippen molar-refractivity contribution >= 4 is 22.1 Å². The summed E-state index contributed by atoms with van der Waals surface area (Å²) in [6.07, 6.45) is 0. The van der Waals surface area contributed by atoms with Gasteiger partial charge in [0, 0.05) is 16.8 Å². The molecule has 102 valence electrons. The number of thiophene rings is 1. The Bertz CT molecular complexity index is 695.